The third-order valence-electron chi connectivity index (χ3n) is 4.33. The number of morpholine rings is 1. The van der Waals surface area contributed by atoms with E-state index in [1.165, 1.54) is 12.1 Å². The van der Waals surface area contributed by atoms with Crippen molar-refractivity contribution in [2.45, 2.75) is 0 Å². The third-order valence-corrected chi connectivity index (χ3v) is 4.33. The molecule has 1 fully saturated rings. The maximum Gasteiger partial charge on any atom is 0.340 e. The summed E-state index contributed by atoms with van der Waals surface area (Å²) in [4.78, 5) is 36.9. The minimum absolute atomic E-state index is 0.103. The molecule has 0 spiro atoms. The first-order valence-electron chi connectivity index (χ1n) is 8.63. The number of anilines is 1. The van der Waals surface area contributed by atoms with Crippen LogP contribution in [0.3, 0.4) is 0 Å². The van der Waals surface area contributed by atoms with E-state index in [9.17, 15) is 28.5 Å². The Balaban J connectivity index is 1.81. The number of ketones is 1. The van der Waals surface area contributed by atoms with E-state index in [1.54, 1.807) is 4.90 Å². The topological polar surface area (TPSA) is 99.0 Å². The lowest BCUT2D eigenvalue weighted by molar-refractivity contribution is -0.384. The van der Waals surface area contributed by atoms with Gasteiger partial charge >= 0.3 is 5.97 Å². The Morgan fingerprint density at radius 1 is 1.10 bits per heavy atom. The maximum absolute atomic E-state index is 13.7. The number of nitro benzene ring substituents is 1. The number of benzene rings is 2. The zero-order chi connectivity index (χ0) is 21.0. The van der Waals surface area contributed by atoms with Gasteiger partial charge in [-0.25, -0.2) is 13.6 Å². The van der Waals surface area contributed by atoms with Crippen molar-refractivity contribution >= 4 is 23.1 Å². The Morgan fingerprint density at radius 2 is 1.83 bits per heavy atom. The van der Waals surface area contributed by atoms with Crippen LogP contribution in [0.2, 0.25) is 0 Å². The van der Waals surface area contributed by atoms with Gasteiger partial charge in [0.25, 0.3) is 5.69 Å². The number of nitrogens with zero attached hydrogens (tertiary/aromatic N) is 2. The molecule has 0 radical (unpaired) electrons. The average Bonchev–Trinajstić information content (AvgIpc) is 2.73. The van der Waals surface area contributed by atoms with Gasteiger partial charge in [-0.1, -0.05) is 0 Å². The van der Waals surface area contributed by atoms with E-state index in [2.05, 4.69) is 0 Å². The van der Waals surface area contributed by atoms with Gasteiger partial charge in [-0.3, -0.25) is 14.9 Å². The Bertz CT molecular complexity index is 960. The lowest BCUT2D eigenvalue weighted by atomic mass is 10.1. The molecule has 0 aliphatic carbocycles. The van der Waals surface area contributed by atoms with Crippen LogP contribution < -0.4 is 4.90 Å². The summed E-state index contributed by atoms with van der Waals surface area (Å²) in [5.74, 6) is -3.68. The van der Waals surface area contributed by atoms with Crippen LogP contribution in [-0.4, -0.2) is 49.6 Å². The highest BCUT2D eigenvalue weighted by Gasteiger charge is 2.24. The number of Topliss-reactive ketones (excluding diaryl/α,β-unsaturated/α-hetero) is 1. The Morgan fingerprint density at radius 3 is 2.52 bits per heavy atom. The molecule has 2 aromatic carbocycles. The maximum atomic E-state index is 13.7. The summed E-state index contributed by atoms with van der Waals surface area (Å²) in [6.45, 7) is 0.924. The minimum Gasteiger partial charge on any atom is -0.454 e. The van der Waals surface area contributed by atoms with Crippen LogP contribution in [0.4, 0.5) is 20.2 Å². The molecule has 0 unspecified atom stereocenters. The van der Waals surface area contributed by atoms with Crippen molar-refractivity contribution in [3.63, 3.8) is 0 Å². The van der Waals surface area contributed by atoms with Crippen molar-refractivity contribution < 1.29 is 32.8 Å². The summed E-state index contributed by atoms with van der Waals surface area (Å²) in [5, 5.41) is 11.1. The zero-order valence-corrected chi connectivity index (χ0v) is 15.1. The second-order valence-corrected chi connectivity index (χ2v) is 6.18. The van der Waals surface area contributed by atoms with Crippen molar-refractivity contribution in [2.75, 3.05) is 37.8 Å². The molecule has 0 amide bonds. The molecule has 152 valence electrons. The number of carbonyl (C=O) groups is 2. The van der Waals surface area contributed by atoms with Gasteiger partial charge in [-0.2, -0.15) is 0 Å². The molecule has 0 bridgehead atoms. The van der Waals surface area contributed by atoms with Gasteiger partial charge in [0.2, 0.25) is 5.78 Å². The smallest absolute Gasteiger partial charge is 0.340 e. The molecule has 0 saturated carbocycles. The number of carbonyl (C=O) groups excluding carboxylic acids is 2. The number of esters is 1. The standard InChI is InChI=1S/C19H16F2N2O6/c20-12-1-3-16(21)14(9-12)18(24)11-29-19(25)15-10-13(23(26)27)2-4-17(15)22-5-7-28-8-6-22/h1-4,9-10H,5-8,11H2. The predicted molar refractivity (Wildman–Crippen MR) is 97.1 cm³/mol. The van der Waals surface area contributed by atoms with Gasteiger partial charge < -0.3 is 14.4 Å². The molecule has 1 heterocycles. The fourth-order valence-electron chi connectivity index (χ4n) is 2.88. The molecule has 1 saturated heterocycles. The molecule has 10 heteroatoms. The SMILES string of the molecule is O=C(COC(=O)c1cc([N+](=O)[O-])ccc1N1CCOCC1)c1cc(F)ccc1F. The normalized spacial score (nSPS) is 13.8. The molecule has 29 heavy (non-hydrogen) atoms. The summed E-state index contributed by atoms with van der Waals surface area (Å²) in [5.41, 5.74) is -0.580. The Labute approximate surface area is 163 Å². The number of hydrogen-bond acceptors (Lipinski definition) is 7. The van der Waals surface area contributed by atoms with E-state index < -0.39 is 40.5 Å². The summed E-state index contributed by atoms with van der Waals surface area (Å²) in [6, 6.07) is 6.10. The summed E-state index contributed by atoms with van der Waals surface area (Å²) < 4.78 is 37.1. The van der Waals surface area contributed by atoms with Gasteiger partial charge in [0.1, 0.15) is 11.6 Å². The fraction of sp³-hybridized carbons (Fsp3) is 0.263. The van der Waals surface area contributed by atoms with Crippen molar-refractivity contribution in [1.29, 1.82) is 0 Å². The van der Waals surface area contributed by atoms with Gasteiger partial charge in [0.15, 0.2) is 6.61 Å². The highest BCUT2D eigenvalue weighted by Crippen LogP contribution is 2.27. The van der Waals surface area contributed by atoms with Crippen molar-refractivity contribution in [3.8, 4) is 0 Å². The van der Waals surface area contributed by atoms with Crippen LogP contribution >= 0.6 is 0 Å². The number of rotatable bonds is 6. The molecule has 0 aromatic heterocycles. The monoisotopic (exact) mass is 406 g/mol. The molecular formula is C19H16F2N2O6. The van der Waals surface area contributed by atoms with Gasteiger partial charge in [-0.15, -0.1) is 0 Å². The first kappa shape index (κ1) is 20.3. The molecule has 2 aromatic rings. The van der Waals surface area contributed by atoms with Crippen molar-refractivity contribution in [1.82, 2.24) is 0 Å². The van der Waals surface area contributed by atoms with Gasteiger partial charge in [-0.05, 0) is 24.3 Å². The zero-order valence-electron chi connectivity index (χ0n) is 15.1. The third kappa shape index (κ3) is 4.72. The molecule has 0 atom stereocenters. The predicted octanol–water partition coefficient (Wildman–Crippen LogP) is 2.75. The molecular weight excluding hydrogens is 390 g/mol. The number of nitro groups is 1. The summed E-state index contributed by atoms with van der Waals surface area (Å²) >= 11 is 0. The van der Waals surface area contributed by atoms with Crippen LogP contribution in [0.5, 0.6) is 0 Å². The summed E-state index contributed by atoms with van der Waals surface area (Å²) in [6.07, 6.45) is 0. The largest absolute Gasteiger partial charge is 0.454 e. The van der Waals surface area contributed by atoms with E-state index in [4.69, 9.17) is 9.47 Å². The van der Waals surface area contributed by atoms with E-state index in [1.807, 2.05) is 0 Å². The van der Waals surface area contributed by atoms with Crippen LogP contribution in [0.15, 0.2) is 36.4 Å². The minimum atomic E-state index is -0.986. The second kappa shape index (κ2) is 8.74. The van der Waals surface area contributed by atoms with Crippen LogP contribution in [-0.2, 0) is 9.47 Å². The average molecular weight is 406 g/mol. The highest BCUT2D eigenvalue weighted by atomic mass is 19.1. The van der Waals surface area contributed by atoms with Gasteiger partial charge in [0, 0.05) is 25.2 Å². The number of hydrogen-bond donors (Lipinski definition) is 0. The van der Waals surface area contributed by atoms with Crippen molar-refractivity contribution in [3.05, 3.63) is 69.3 Å². The number of halogens is 2. The Kier molecular flexibility index (Phi) is 6.13. The van der Waals surface area contributed by atoms with Crippen molar-refractivity contribution in [2.24, 2.45) is 0 Å². The van der Waals surface area contributed by atoms with E-state index in [-0.39, 0.29) is 11.3 Å². The number of ether oxygens (including phenoxy) is 2. The molecule has 0 N–H and O–H groups in total. The second-order valence-electron chi connectivity index (χ2n) is 6.18. The van der Waals surface area contributed by atoms with E-state index in [0.29, 0.717) is 38.1 Å². The lowest BCUT2D eigenvalue weighted by Crippen LogP contribution is -2.37. The Hall–Kier alpha value is -3.40. The van der Waals surface area contributed by atoms with Gasteiger partial charge in [0.05, 0.1) is 35.0 Å². The van der Waals surface area contributed by atoms with E-state index in [0.717, 1.165) is 18.2 Å². The first-order valence-corrected chi connectivity index (χ1v) is 8.63. The quantitative estimate of drug-likeness (QED) is 0.315. The lowest BCUT2D eigenvalue weighted by Gasteiger charge is -2.30. The summed E-state index contributed by atoms with van der Waals surface area (Å²) in [7, 11) is 0. The fourth-order valence-corrected chi connectivity index (χ4v) is 2.88. The highest BCUT2D eigenvalue weighted by molar-refractivity contribution is 6.01. The molecule has 8 nitrogen and oxygen atoms in total. The molecule has 1 aliphatic heterocycles. The van der Waals surface area contributed by atoms with Crippen LogP contribution in [0, 0.1) is 21.7 Å². The van der Waals surface area contributed by atoms with Crippen LogP contribution in [0.1, 0.15) is 20.7 Å². The molecule has 1 aliphatic rings. The molecule has 3 rings (SSSR count). The number of non-ortho nitro benzene ring substituents is 1. The first-order chi connectivity index (χ1) is 13.9. The van der Waals surface area contributed by atoms with E-state index >= 15 is 0 Å². The van der Waals surface area contributed by atoms with Crippen LogP contribution in [0.25, 0.3) is 0 Å².